The number of carbonyl (C=O) groups is 2. The van der Waals surface area contributed by atoms with E-state index in [1.54, 1.807) is 18.3 Å². The number of rotatable bonds is 4. The van der Waals surface area contributed by atoms with Crippen LogP contribution in [0.15, 0.2) is 17.2 Å². The summed E-state index contributed by atoms with van der Waals surface area (Å²) >= 11 is 0.899. The average Bonchev–Trinajstić information content (AvgIpc) is 2.85. The topological polar surface area (TPSA) is 78.4 Å². The molecule has 3 heterocycles. The zero-order chi connectivity index (χ0) is 17.1. The molecule has 0 bridgehead atoms. The van der Waals surface area contributed by atoms with Crippen molar-refractivity contribution in [1.82, 2.24) is 20.2 Å². The molecule has 2 aliphatic rings. The van der Waals surface area contributed by atoms with Crippen LogP contribution in [0.3, 0.4) is 0 Å². The number of aromatic nitrogens is 2. The first-order chi connectivity index (χ1) is 11.5. The van der Waals surface area contributed by atoms with E-state index in [0.29, 0.717) is 22.5 Å². The van der Waals surface area contributed by atoms with Crippen molar-refractivity contribution >= 4 is 34.9 Å². The van der Waals surface area contributed by atoms with Crippen LogP contribution in [-0.2, 0) is 4.79 Å². The lowest BCUT2D eigenvalue weighted by atomic mass is 9.97. The maximum atomic E-state index is 11.6. The van der Waals surface area contributed by atoms with Crippen LogP contribution in [0.4, 0.5) is 10.7 Å². The summed E-state index contributed by atoms with van der Waals surface area (Å²) in [6.07, 6.45) is 5.58. The van der Waals surface area contributed by atoms with Crippen molar-refractivity contribution in [2.45, 2.75) is 12.8 Å². The smallest absolute Gasteiger partial charge is 0.290 e. The summed E-state index contributed by atoms with van der Waals surface area (Å²) in [5.74, 6) is 1.03. The first-order valence-electron chi connectivity index (χ1n) is 7.99. The molecule has 1 aromatic rings. The number of hydrogen-bond donors (Lipinski definition) is 1. The molecule has 0 radical (unpaired) electrons. The van der Waals surface area contributed by atoms with E-state index in [1.807, 2.05) is 0 Å². The summed E-state index contributed by atoms with van der Waals surface area (Å²) in [7, 11) is 4.21. The average molecular weight is 347 g/mol. The third-order valence-corrected chi connectivity index (χ3v) is 4.92. The molecule has 7 nitrogen and oxygen atoms in total. The van der Waals surface area contributed by atoms with Crippen LogP contribution in [0.25, 0.3) is 6.08 Å². The Morgan fingerprint density at radius 1 is 1.38 bits per heavy atom. The van der Waals surface area contributed by atoms with E-state index in [-0.39, 0.29) is 11.1 Å². The van der Waals surface area contributed by atoms with E-state index in [1.165, 1.54) is 0 Å². The molecule has 0 aliphatic carbocycles. The highest BCUT2D eigenvalue weighted by atomic mass is 32.2. The molecule has 2 fully saturated rings. The third-order valence-electron chi connectivity index (χ3n) is 4.11. The van der Waals surface area contributed by atoms with Gasteiger partial charge in [-0.1, -0.05) is 0 Å². The zero-order valence-electron chi connectivity index (χ0n) is 13.9. The molecule has 0 atom stereocenters. The van der Waals surface area contributed by atoms with Gasteiger partial charge in [-0.2, -0.15) is 0 Å². The van der Waals surface area contributed by atoms with Crippen LogP contribution in [0.5, 0.6) is 0 Å². The predicted octanol–water partition coefficient (Wildman–Crippen LogP) is 1.58. The normalized spacial score (nSPS) is 21.0. The molecule has 2 amide bonds. The molecule has 0 unspecified atom stereocenters. The molecule has 2 aliphatic heterocycles. The first-order valence-corrected chi connectivity index (χ1v) is 8.80. The van der Waals surface area contributed by atoms with Gasteiger partial charge in [-0.3, -0.25) is 14.9 Å². The Morgan fingerprint density at radius 3 is 2.75 bits per heavy atom. The van der Waals surface area contributed by atoms with Crippen LogP contribution in [-0.4, -0.2) is 59.7 Å². The molecule has 2 saturated heterocycles. The van der Waals surface area contributed by atoms with Crippen molar-refractivity contribution in [2.75, 3.05) is 38.6 Å². The maximum absolute atomic E-state index is 11.6. The van der Waals surface area contributed by atoms with Crippen molar-refractivity contribution in [1.29, 1.82) is 0 Å². The van der Waals surface area contributed by atoms with Gasteiger partial charge >= 0.3 is 0 Å². The minimum atomic E-state index is -0.366. The quantitative estimate of drug-likeness (QED) is 0.829. The number of piperidine rings is 1. The van der Waals surface area contributed by atoms with Gasteiger partial charge in [-0.25, -0.2) is 9.97 Å². The number of anilines is 1. The van der Waals surface area contributed by atoms with Gasteiger partial charge in [0.1, 0.15) is 0 Å². The molecule has 8 heteroatoms. The van der Waals surface area contributed by atoms with Gasteiger partial charge in [-0.05, 0) is 56.8 Å². The van der Waals surface area contributed by atoms with E-state index in [2.05, 4.69) is 39.2 Å². The summed E-state index contributed by atoms with van der Waals surface area (Å²) in [6, 6.07) is 1.74. The van der Waals surface area contributed by atoms with Crippen molar-refractivity contribution in [3.05, 3.63) is 22.9 Å². The molecular weight excluding hydrogens is 326 g/mol. The van der Waals surface area contributed by atoms with E-state index in [0.717, 1.165) is 44.2 Å². The van der Waals surface area contributed by atoms with Gasteiger partial charge < -0.3 is 9.80 Å². The van der Waals surface area contributed by atoms with Gasteiger partial charge in [0, 0.05) is 25.8 Å². The standard InChI is InChI=1S/C16H21N5O2S/c1-20(2)10-11-4-7-21(8-5-11)15-17-6-3-12(18-15)9-13-14(22)19-16(23)24-13/h3,6,9,11H,4-5,7-8,10H2,1-2H3,(H,19,22,23). The monoisotopic (exact) mass is 347 g/mol. The van der Waals surface area contributed by atoms with Crippen molar-refractivity contribution in [2.24, 2.45) is 5.92 Å². The first kappa shape index (κ1) is 16.9. The van der Waals surface area contributed by atoms with Crippen LogP contribution in [0, 0.1) is 5.92 Å². The van der Waals surface area contributed by atoms with Crippen LogP contribution in [0.1, 0.15) is 18.5 Å². The van der Waals surface area contributed by atoms with Gasteiger partial charge in [0.05, 0.1) is 10.6 Å². The van der Waals surface area contributed by atoms with E-state index in [9.17, 15) is 9.59 Å². The maximum Gasteiger partial charge on any atom is 0.290 e. The van der Waals surface area contributed by atoms with Gasteiger partial charge in [0.15, 0.2) is 0 Å². The van der Waals surface area contributed by atoms with E-state index >= 15 is 0 Å². The summed E-state index contributed by atoms with van der Waals surface area (Å²) in [4.78, 5) is 36.5. The zero-order valence-corrected chi connectivity index (χ0v) is 14.7. The number of amides is 2. The minimum Gasteiger partial charge on any atom is -0.341 e. The number of thioether (sulfide) groups is 1. The molecule has 128 valence electrons. The Labute approximate surface area is 145 Å². The number of nitrogens with zero attached hydrogens (tertiary/aromatic N) is 4. The lowest BCUT2D eigenvalue weighted by Crippen LogP contribution is -2.38. The lowest BCUT2D eigenvalue weighted by molar-refractivity contribution is -0.115. The highest BCUT2D eigenvalue weighted by Gasteiger charge is 2.25. The third kappa shape index (κ3) is 4.12. The van der Waals surface area contributed by atoms with E-state index < -0.39 is 0 Å². The van der Waals surface area contributed by atoms with E-state index in [4.69, 9.17) is 0 Å². The fourth-order valence-electron chi connectivity index (χ4n) is 2.98. The minimum absolute atomic E-state index is 0.344. The number of hydrogen-bond acceptors (Lipinski definition) is 7. The highest BCUT2D eigenvalue weighted by molar-refractivity contribution is 8.18. The van der Waals surface area contributed by atoms with Crippen LogP contribution in [0.2, 0.25) is 0 Å². The van der Waals surface area contributed by atoms with Gasteiger partial charge in [-0.15, -0.1) is 0 Å². The fraction of sp³-hybridized carbons (Fsp3) is 0.500. The summed E-state index contributed by atoms with van der Waals surface area (Å²) < 4.78 is 0. The molecular formula is C16H21N5O2S. The lowest BCUT2D eigenvalue weighted by Gasteiger charge is -2.33. The van der Waals surface area contributed by atoms with Crippen LogP contribution < -0.4 is 10.2 Å². The van der Waals surface area contributed by atoms with Crippen molar-refractivity contribution in [3.8, 4) is 0 Å². The molecule has 24 heavy (non-hydrogen) atoms. The molecule has 0 aromatic carbocycles. The SMILES string of the molecule is CN(C)CC1CCN(c2nccc(C=C3SC(=O)NC3=O)n2)CC1. The van der Waals surface area contributed by atoms with Crippen molar-refractivity contribution in [3.63, 3.8) is 0 Å². The Morgan fingerprint density at radius 2 is 2.12 bits per heavy atom. The Balaban J connectivity index is 1.67. The second-order valence-electron chi connectivity index (χ2n) is 6.33. The highest BCUT2D eigenvalue weighted by Crippen LogP contribution is 2.26. The number of nitrogens with one attached hydrogen (secondary N) is 1. The summed E-state index contributed by atoms with van der Waals surface area (Å²) in [5.41, 5.74) is 0.641. The van der Waals surface area contributed by atoms with Gasteiger partial charge in [0.2, 0.25) is 5.95 Å². The summed E-state index contributed by atoms with van der Waals surface area (Å²) in [6.45, 7) is 2.99. The second kappa shape index (κ2) is 7.31. The molecule has 0 spiro atoms. The molecule has 3 rings (SSSR count). The Bertz CT molecular complexity index is 668. The largest absolute Gasteiger partial charge is 0.341 e. The second-order valence-corrected chi connectivity index (χ2v) is 7.34. The molecule has 1 N–H and O–H groups in total. The number of imide groups is 1. The van der Waals surface area contributed by atoms with Crippen LogP contribution >= 0.6 is 11.8 Å². The molecule has 0 saturated carbocycles. The van der Waals surface area contributed by atoms with Crippen molar-refractivity contribution < 1.29 is 9.59 Å². The predicted molar refractivity (Wildman–Crippen MR) is 94.6 cm³/mol. The Kier molecular flexibility index (Phi) is 5.15. The Hall–Kier alpha value is -1.93. The summed E-state index contributed by atoms with van der Waals surface area (Å²) in [5, 5.41) is 1.90. The fourth-order valence-corrected chi connectivity index (χ4v) is 3.65. The van der Waals surface area contributed by atoms with Gasteiger partial charge in [0.25, 0.3) is 11.1 Å². The number of carbonyl (C=O) groups excluding carboxylic acids is 2. The molecule has 1 aromatic heterocycles.